The summed E-state index contributed by atoms with van der Waals surface area (Å²) in [6.45, 7) is 12.2. The fourth-order valence-corrected chi connectivity index (χ4v) is 4.91. The Balaban J connectivity index is 2.20. The Morgan fingerprint density at radius 1 is 0.850 bits per heavy atom. The van der Waals surface area contributed by atoms with Gasteiger partial charge in [-0.25, -0.2) is 0 Å². The quantitative estimate of drug-likeness (QED) is 0.123. The molecule has 0 bridgehead atoms. The SMILES string of the molecule is CCCCCCCCOc1ccc2c(O)c(OC/C=C(\C)CCC=C(C)C)c(=O)n(CCCCCCCC)c2c1. The second-order valence-electron chi connectivity index (χ2n) is 11.4. The number of fused-ring (bicyclic) bond motifs is 1. The highest BCUT2D eigenvalue weighted by molar-refractivity contribution is 5.88. The monoisotopic (exact) mass is 553 g/mol. The van der Waals surface area contributed by atoms with E-state index in [1.807, 2.05) is 24.3 Å². The van der Waals surface area contributed by atoms with Crippen molar-refractivity contribution < 1.29 is 14.6 Å². The molecule has 0 fully saturated rings. The maximum Gasteiger partial charge on any atom is 0.297 e. The number of benzene rings is 1. The lowest BCUT2D eigenvalue weighted by atomic mass is 10.1. The number of nitrogens with zero attached hydrogens (tertiary/aromatic N) is 1. The highest BCUT2D eigenvalue weighted by Crippen LogP contribution is 2.34. The van der Waals surface area contributed by atoms with E-state index in [0.717, 1.165) is 37.9 Å². The third kappa shape index (κ3) is 11.8. The molecule has 2 aromatic rings. The average molecular weight is 554 g/mol. The van der Waals surface area contributed by atoms with Crippen LogP contribution in [0.2, 0.25) is 0 Å². The van der Waals surface area contributed by atoms with Crippen LogP contribution in [0.1, 0.15) is 125 Å². The normalized spacial score (nSPS) is 11.7. The largest absolute Gasteiger partial charge is 0.504 e. The summed E-state index contributed by atoms with van der Waals surface area (Å²) in [6, 6.07) is 5.64. The molecular weight excluding hydrogens is 498 g/mol. The second kappa shape index (κ2) is 19.4. The summed E-state index contributed by atoms with van der Waals surface area (Å²) in [5, 5.41) is 11.7. The minimum atomic E-state index is -0.276. The van der Waals surface area contributed by atoms with Gasteiger partial charge >= 0.3 is 0 Å². The second-order valence-corrected chi connectivity index (χ2v) is 11.4. The Morgan fingerprint density at radius 3 is 2.17 bits per heavy atom. The van der Waals surface area contributed by atoms with Crippen LogP contribution < -0.4 is 15.0 Å². The topological polar surface area (TPSA) is 60.7 Å². The van der Waals surface area contributed by atoms with Crippen LogP contribution in [0.5, 0.6) is 17.2 Å². The van der Waals surface area contributed by atoms with Crippen molar-refractivity contribution in [2.45, 2.75) is 131 Å². The van der Waals surface area contributed by atoms with Gasteiger partial charge in [0.05, 0.1) is 12.1 Å². The van der Waals surface area contributed by atoms with E-state index in [-0.39, 0.29) is 23.7 Å². The maximum atomic E-state index is 13.6. The first kappa shape index (κ1) is 33.5. The molecule has 0 spiro atoms. The summed E-state index contributed by atoms with van der Waals surface area (Å²) in [4.78, 5) is 13.6. The zero-order valence-electron chi connectivity index (χ0n) is 26.0. The van der Waals surface area contributed by atoms with E-state index in [4.69, 9.17) is 9.47 Å². The van der Waals surface area contributed by atoms with Gasteiger partial charge in [-0.3, -0.25) is 4.79 Å². The van der Waals surface area contributed by atoms with E-state index >= 15 is 0 Å². The number of aromatic nitrogens is 1. The zero-order chi connectivity index (χ0) is 29.2. The van der Waals surface area contributed by atoms with E-state index in [2.05, 4.69) is 40.7 Å². The molecule has 1 aromatic carbocycles. The standard InChI is InChI=1S/C35H55NO4/c1-6-8-10-12-14-16-24-36-32-27-30(39-25-17-15-13-11-9-7-2)21-22-31(32)33(37)34(35(36)38)40-26-23-29(5)20-18-19-28(3)4/h19,21-23,27,37H,6-18,20,24-26H2,1-5H3/b29-23+. The molecule has 0 saturated heterocycles. The number of hydrogen-bond donors (Lipinski definition) is 1. The van der Waals surface area contributed by atoms with Crippen molar-refractivity contribution in [1.82, 2.24) is 4.57 Å². The minimum absolute atomic E-state index is 0.0348. The first-order valence-electron chi connectivity index (χ1n) is 15.8. The van der Waals surface area contributed by atoms with Crippen molar-refractivity contribution in [3.63, 3.8) is 0 Å². The molecule has 2 rings (SSSR count). The molecule has 0 aliphatic rings. The first-order chi connectivity index (χ1) is 19.4. The fourth-order valence-electron chi connectivity index (χ4n) is 4.91. The summed E-state index contributed by atoms with van der Waals surface area (Å²) < 4.78 is 13.7. The van der Waals surface area contributed by atoms with Crippen LogP contribution in [0, 0.1) is 0 Å². The Hall–Kier alpha value is -2.69. The maximum absolute atomic E-state index is 13.6. The van der Waals surface area contributed by atoms with Crippen molar-refractivity contribution in [2.75, 3.05) is 13.2 Å². The predicted molar refractivity (Wildman–Crippen MR) is 170 cm³/mol. The average Bonchev–Trinajstić information content (AvgIpc) is 2.93. The highest BCUT2D eigenvalue weighted by Gasteiger charge is 2.18. The van der Waals surface area contributed by atoms with Crippen LogP contribution in [0.3, 0.4) is 0 Å². The van der Waals surface area contributed by atoms with E-state index in [1.54, 1.807) is 4.57 Å². The van der Waals surface area contributed by atoms with Crippen molar-refractivity contribution in [3.8, 4) is 17.2 Å². The molecule has 0 saturated carbocycles. The van der Waals surface area contributed by atoms with Crippen molar-refractivity contribution >= 4 is 10.9 Å². The molecule has 1 heterocycles. The highest BCUT2D eigenvalue weighted by atomic mass is 16.5. The number of aryl methyl sites for hydroxylation is 1. The molecule has 5 heteroatoms. The van der Waals surface area contributed by atoms with E-state index in [1.165, 1.54) is 68.9 Å². The third-order valence-electron chi connectivity index (χ3n) is 7.42. The van der Waals surface area contributed by atoms with E-state index < -0.39 is 0 Å². The lowest BCUT2D eigenvalue weighted by Crippen LogP contribution is -2.23. The van der Waals surface area contributed by atoms with Crippen LogP contribution in [0.4, 0.5) is 0 Å². The molecule has 0 aliphatic carbocycles. The number of hydrogen-bond acceptors (Lipinski definition) is 4. The Bertz CT molecular complexity index is 1120. The number of aromatic hydroxyl groups is 1. The zero-order valence-corrected chi connectivity index (χ0v) is 26.0. The Kier molecular flexibility index (Phi) is 16.3. The number of ether oxygens (including phenoxy) is 2. The van der Waals surface area contributed by atoms with Gasteiger partial charge < -0.3 is 19.1 Å². The van der Waals surface area contributed by atoms with Crippen LogP contribution in [0.15, 0.2) is 46.3 Å². The Morgan fingerprint density at radius 2 is 1.50 bits per heavy atom. The van der Waals surface area contributed by atoms with Crippen LogP contribution in [-0.2, 0) is 6.54 Å². The molecule has 1 aromatic heterocycles. The van der Waals surface area contributed by atoms with Gasteiger partial charge in [0.2, 0.25) is 5.75 Å². The van der Waals surface area contributed by atoms with Gasteiger partial charge in [0.15, 0.2) is 5.75 Å². The number of pyridine rings is 1. The molecule has 0 atom stereocenters. The summed E-state index contributed by atoms with van der Waals surface area (Å²) in [7, 11) is 0. The number of unbranched alkanes of at least 4 members (excludes halogenated alkanes) is 10. The molecule has 0 amide bonds. The van der Waals surface area contributed by atoms with Gasteiger partial charge in [0, 0.05) is 18.0 Å². The van der Waals surface area contributed by atoms with Crippen molar-refractivity contribution in [1.29, 1.82) is 0 Å². The lowest BCUT2D eigenvalue weighted by Gasteiger charge is -2.16. The fraction of sp³-hybridized carbons (Fsp3) is 0.629. The van der Waals surface area contributed by atoms with Crippen LogP contribution in [0.25, 0.3) is 10.9 Å². The molecule has 40 heavy (non-hydrogen) atoms. The van der Waals surface area contributed by atoms with Gasteiger partial charge in [-0.1, -0.05) is 95.3 Å². The third-order valence-corrected chi connectivity index (χ3v) is 7.42. The lowest BCUT2D eigenvalue weighted by molar-refractivity contribution is 0.304. The van der Waals surface area contributed by atoms with E-state index in [0.29, 0.717) is 24.1 Å². The molecule has 0 unspecified atom stereocenters. The molecule has 1 N–H and O–H groups in total. The minimum Gasteiger partial charge on any atom is -0.504 e. The number of rotatable bonds is 21. The smallest absolute Gasteiger partial charge is 0.297 e. The first-order valence-corrected chi connectivity index (χ1v) is 15.8. The van der Waals surface area contributed by atoms with Crippen LogP contribution >= 0.6 is 0 Å². The molecule has 224 valence electrons. The van der Waals surface area contributed by atoms with Crippen molar-refractivity contribution in [3.05, 3.63) is 51.9 Å². The molecular formula is C35H55NO4. The van der Waals surface area contributed by atoms with Gasteiger partial charge in [-0.2, -0.15) is 0 Å². The van der Waals surface area contributed by atoms with Gasteiger partial charge in [-0.15, -0.1) is 0 Å². The molecule has 0 aliphatic heterocycles. The Labute approximate surface area is 243 Å². The summed E-state index contributed by atoms with van der Waals surface area (Å²) in [5.74, 6) is 0.685. The summed E-state index contributed by atoms with van der Waals surface area (Å²) in [6.07, 6.45) is 20.3. The summed E-state index contributed by atoms with van der Waals surface area (Å²) >= 11 is 0. The van der Waals surface area contributed by atoms with Gasteiger partial charge in [0.25, 0.3) is 5.56 Å². The van der Waals surface area contributed by atoms with Gasteiger partial charge in [-0.05, 0) is 64.7 Å². The van der Waals surface area contributed by atoms with Crippen LogP contribution in [-0.4, -0.2) is 22.9 Å². The molecule has 0 radical (unpaired) electrons. The predicted octanol–water partition coefficient (Wildman–Crippen LogP) is 9.88. The summed E-state index contributed by atoms with van der Waals surface area (Å²) in [5.41, 5.74) is 2.95. The van der Waals surface area contributed by atoms with Crippen molar-refractivity contribution in [2.24, 2.45) is 0 Å². The molecule has 5 nitrogen and oxygen atoms in total. The van der Waals surface area contributed by atoms with Gasteiger partial charge in [0.1, 0.15) is 12.4 Å². The van der Waals surface area contributed by atoms with E-state index in [9.17, 15) is 9.90 Å². The number of allylic oxidation sites excluding steroid dienone is 3.